The fourth-order valence-electron chi connectivity index (χ4n) is 2.35. The van der Waals surface area contributed by atoms with Gasteiger partial charge in [-0.3, -0.25) is 0 Å². The molecule has 3 heterocycles. The zero-order valence-corrected chi connectivity index (χ0v) is 8.89. The highest BCUT2D eigenvalue weighted by Crippen LogP contribution is 2.34. The molecule has 3 saturated heterocycles. The summed E-state index contributed by atoms with van der Waals surface area (Å²) in [5, 5.41) is 0. The Hall–Kier alpha value is -0.160. The molecule has 0 saturated carbocycles. The molecular formula is C11H18O4. The minimum Gasteiger partial charge on any atom is -0.378 e. The molecule has 3 aliphatic rings. The standard InChI is InChI=1S/C11H18O4/c1-2-4-13-10(3-1)14-6-8-5-12-7-9-11(8)15-9/h8-11H,1-7H2/t8-,9?,10?,11?/m1/s1. The van der Waals surface area contributed by atoms with Crippen molar-refractivity contribution in [1.82, 2.24) is 0 Å². The molecule has 0 radical (unpaired) electrons. The Morgan fingerprint density at radius 1 is 1.20 bits per heavy atom. The summed E-state index contributed by atoms with van der Waals surface area (Å²) in [5.41, 5.74) is 0. The maximum Gasteiger partial charge on any atom is 0.157 e. The van der Waals surface area contributed by atoms with Crippen molar-refractivity contribution in [3.8, 4) is 0 Å². The molecule has 4 nitrogen and oxygen atoms in total. The lowest BCUT2D eigenvalue weighted by atomic mass is 10.0. The van der Waals surface area contributed by atoms with Gasteiger partial charge < -0.3 is 18.9 Å². The molecule has 4 heteroatoms. The third-order valence-electron chi connectivity index (χ3n) is 3.33. The first kappa shape index (κ1) is 10.0. The van der Waals surface area contributed by atoms with Gasteiger partial charge in [-0.15, -0.1) is 0 Å². The van der Waals surface area contributed by atoms with Crippen LogP contribution in [0.1, 0.15) is 19.3 Å². The second kappa shape index (κ2) is 4.37. The van der Waals surface area contributed by atoms with E-state index in [-0.39, 0.29) is 6.29 Å². The summed E-state index contributed by atoms with van der Waals surface area (Å²) < 4.78 is 22.2. The third kappa shape index (κ3) is 2.33. The van der Waals surface area contributed by atoms with Crippen molar-refractivity contribution in [2.45, 2.75) is 37.8 Å². The Labute approximate surface area is 89.8 Å². The first-order chi connectivity index (χ1) is 7.43. The molecule has 0 aromatic rings. The average Bonchev–Trinajstić information content (AvgIpc) is 3.07. The monoisotopic (exact) mass is 214 g/mol. The van der Waals surface area contributed by atoms with Crippen LogP contribution in [0.4, 0.5) is 0 Å². The summed E-state index contributed by atoms with van der Waals surface area (Å²) in [6, 6.07) is 0. The van der Waals surface area contributed by atoms with Crippen molar-refractivity contribution < 1.29 is 18.9 Å². The van der Waals surface area contributed by atoms with Crippen LogP contribution in [0.5, 0.6) is 0 Å². The lowest BCUT2D eigenvalue weighted by molar-refractivity contribution is -0.173. The van der Waals surface area contributed by atoms with Gasteiger partial charge in [0.05, 0.1) is 25.9 Å². The molecule has 0 bridgehead atoms. The number of rotatable bonds is 3. The lowest BCUT2D eigenvalue weighted by Crippen LogP contribution is -2.32. The van der Waals surface area contributed by atoms with Crippen LogP contribution >= 0.6 is 0 Å². The topological polar surface area (TPSA) is 40.2 Å². The largest absolute Gasteiger partial charge is 0.378 e. The molecule has 4 atom stereocenters. The molecule has 3 fully saturated rings. The minimum absolute atomic E-state index is 0.0119. The maximum atomic E-state index is 5.74. The minimum atomic E-state index is 0.0119. The zero-order chi connectivity index (χ0) is 10.1. The van der Waals surface area contributed by atoms with Gasteiger partial charge in [0.1, 0.15) is 6.10 Å². The second-order valence-electron chi connectivity index (χ2n) is 4.57. The number of ether oxygens (including phenoxy) is 4. The van der Waals surface area contributed by atoms with E-state index in [0.29, 0.717) is 24.7 Å². The van der Waals surface area contributed by atoms with Crippen molar-refractivity contribution in [3.05, 3.63) is 0 Å². The molecule has 0 amide bonds. The second-order valence-corrected chi connectivity index (χ2v) is 4.57. The van der Waals surface area contributed by atoms with E-state index >= 15 is 0 Å². The smallest absolute Gasteiger partial charge is 0.157 e. The van der Waals surface area contributed by atoms with Crippen LogP contribution in [0.15, 0.2) is 0 Å². The highest BCUT2D eigenvalue weighted by Gasteiger charge is 2.48. The molecule has 15 heavy (non-hydrogen) atoms. The number of fused-ring (bicyclic) bond motifs is 1. The van der Waals surface area contributed by atoms with Crippen LogP contribution in [-0.2, 0) is 18.9 Å². The first-order valence-electron chi connectivity index (χ1n) is 5.90. The van der Waals surface area contributed by atoms with E-state index in [2.05, 4.69) is 0 Å². The fourth-order valence-corrected chi connectivity index (χ4v) is 2.35. The van der Waals surface area contributed by atoms with Gasteiger partial charge in [0, 0.05) is 12.5 Å². The molecule has 0 aromatic carbocycles. The molecule has 0 spiro atoms. The molecule has 0 aliphatic carbocycles. The van der Waals surface area contributed by atoms with E-state index in [1.807, 2.05) is 0 Å². The van der Waals surface area contributed by atoms with Gasteiger partial charge >= 0.3 is 0 Å². The summed E-state index contributed by atoms with van der Waals surface area (Å²) in [6.07, 6.45) is 4.16. The third-order valence-corrected chi connectivity index (χ3v) is 3.33. The Morgan fingerprint density at radius 3 is 3.07 bits per heavy atom. The van der Waals surface area contributed by atoms with Gasteiger partial charge in [0.15, 0.2) is 6.29 Å². The number of hydrogen-bond donors (Lipinski definition) is 0. The normalized spacial score (nSPS) is 44.8. The molecule has 3 aliphatic heterocycles. The van der Waals surface area contributed by atoms with Crippen LogP contribution < -0.4 is 0 Å². The summed E-state index contributed by atoms with van der Waals surface area (Å²) in [6.45, 7) is 3.09. The van der Waals surface area contributed by atoms with Gasteiger partial charge in [-0.05, 0) is 19.3 Å². The molecule has 0 N–H and O–H groups in total. The van der Waals surface area contributed by atoms with E-state index in [0.717, 1.165) is 26.2 Å². The van der Waals surface area contributed by atoms with Crippen molar-refractivity contribution in [2.24, 2.45) is 5.92 Å². The lowest BCUT2D eigenvalue weighted by Gasteiger charge is -2.25. The SMILES string of the molecule is C1CCC(OC[C@H]2COCC3OC32)OC1. The summed E-state index contributed by atoms with van der Waals surface area (Å²) in [5.74, 6) is 0.411. The summed E-state index contributed by atoms with van der Waals surface area (Å²) in [4.78, 5) is 0. The molecule has 86 valence electrons. The molecular weight excluding hydrogens is 196 g/mol. The Bertz CT molecular complexity index is 215. The zero-order valence-electron chi connectivity index (χ0n) is 8.89. The predicted molar refractivity (Wildman–Crippen MR) is 52.5 cm³/mol. The maximum absolute atomic E-state index is 5.74. The van der Waals surface area contributed by atoms with Gasteiger partial charge in [-0.25, -0.2) is 0 Å². The average molecular weight is 214 g/mol. The number of hydrogen-bond acceptors (Lipinski definition) is 4. The van der Waals surface area contributed by atoms with Crippen LogP contribution in [-0.4, -0.2) is 44.9 Å². The van der Waals surface area contributed by atoms with E-state index in [9.17, 15) is 0 Å². The highest BCUT2D eigenvalue weighted by atomic mass is 16.7. The summed E-state index contributed by atoms with van der Waals surface area (Å²) in [7, 11) is 0. The van der Waals surface area contributed by atoms with E-state index in [4.69, 9.17) is 18.9 Å². The Kier molecular flexibility index (Phi) is 2.92. The fraction of sp³-hybridized carbons (Fsp3) is 1.00. The van der Waals surface area contributed by atoms with Gasteiger partial charge in [0.25, 0.3) is 0 Å². The number of epoxide rings is 1. The van der Waals surface area contributed by atoms with Crippen LogP contribution in [0.2, 0.25) is 0 Å². The molecule has 0 aromatic heterocycles. The Morgan fingerprint density at radius 2 is 2.20 bits per heavy atom. The van der Waals surface area contributed by atoms with Crippen LogP contribution in [0.3, 0.4) is 0 Å². The van der Waals surface area contributed by atoms with Crippen molar-refractivity contribution >= 4 is 0 Å². The van der Waals surface area contributed by atoms with E-state index in [1.165, 1.54) is 12.8 Å². The first-order valence-corrected chi connectivity index (χ1v) is 5.90. The predicted octanol–water partition coefficient (Wildman–Crippen LogP) is 0.943. The van der Waals surface area contributed by atoms with Crippen molar-refractivity contribution in [2.75, 3.05) is 26.4 Å². The molecule has 3 rings (SSSR count). The Balaban J connectivity index is 1.41. The summed E-state index contributed by atoms with van der Waals surface area (Å²) >= 11 is 0. The van der Waals surface area contributed by atoms with Crippen molar-refractivity contribution in [1.29, 1.82) is 0 Å². The highest BCUT2D eigenvalue weighted by molar-refractivity contribution is 4.93. The quantitative estimate of drug-likeness (QED) is 0.656. The molecule has 3 unspecified atom stereocenters. The van der Waals surface area contributed by atoms with Gasteiger partial charge in [0.2, 0.25) is 0 Å². The van der Waals surface area contributed by atoms with E-state index < -0.39 is 0 Å². The van der Waals surface area contributed by atoms with E-state index in [1.54, 1.807) is 0 Å². The van der Waals surface area contributed by atoms with Gasteiger partial charge in [-0.1, -0.05) is 0 Å². The van der Waals surface area contributed by atoms with Crippen LogP contribution in [0, 0.1) is 5.92 Å². The van der Waals surface area contributed by atoms with Crippen LogP contribution in [0.25, 0.3) is 0 Å². The van der Waals surface area contributed by atoms with Gasteiger partial charge in [-0.2, -0.15) is 0 Å². The van der Waals surface area contributed by atoms with Crippen molar-refractivity contribution in [3.63, 3.8) is 0 Å².